The average molecular weight is 313 g/mol. The van der Waals surface area contributed by atoms with E-state index < -0.39 is 0 Å². The molecule has 5 rings (SSSR count). The van der Waals surface area contributed by atoms with Crippen LogP contribution in [0, 0.1) is 0 Å². The highest BCUT2D eigenvalue weighted by atomic mass is 16.4. The monoisotopic (exact) mass is 313 g/mol. The lowest BCUT2D eigenvalue weighted by molar-refractivity contribution is 0.560. The van der Waals surface area contributed by atoms with Gasteiger partial charge in [0, 0.05) is 22.9 Å². The van der Waals surface area contributed by atoms with Gasteiger partial charge in [0.2, 0.25) is 0 Å². The summed E-state index contributed by atoms with van der Waals surface area (Å²) in [7, 11) is 0. The van der Waals surface area contributed by atoms with Gasteiger partial charge in [0.15, 0.2) is 0 Å². The molecule has 3 aromatic carbocycles. The van der Waals surface area contributed by atoms with Crippen LogP contribution in [0.25, 0.3) is 38.5 Å². The predicted molar refractivity (Wildman–Crippen MR) is 92.4 cm³/mol. The van der Waals surface area contributed by atoms with Crippen molar-refractivity contribution in [2.24, 2.45) is 0 Å². The number of fused-ring (bicyclic) bond motifs is 4. The van der Waals surface area contributed by atoms with Crippen molar-refractivity contribution < 1.29 is 4.42 Å². The number of nitrogens with zero attached hydrogens (tertiary/aromatic N) is 3. The number of hydrogen-bond donors (Lipinski definition) is 0. The first-order chi connectivity index (χ1) is 11.8. The molecule has 5 heteroatoms. The predicted octanol–water partition coefficient (Wildman–Crippen LogP) is 3.68. The standard InChI is InChI=1S/C19H11N3O2/c23-18-10-7-13-5-8-14(11-17(13)24-18)22-20-16-9-6-12-3-1-2-4-15(12)19(16)21-22/h1-11H. The minimum Gasteiger partial charge on any atom is -0.423 e. The van der Waals surface area contributed by atoms with E-state index in [2.05, 4.69) is 16.3 Å². The number of rotatable bonds is 1. The Hall–Kier alpha value is -3.47. The van der Waals surface area contributed by atoms with Gasteiger partial charge in [0.1, 0.15) is 16.6 Å². The van der Waals surface area contributed by atoms with Gasteiger partial charge in [0.25, 0.3) is 0 Å². The summed E-state index contributed by atoms with van der Waals surface area (Å²) in [5.74, 6) is 0. The van der Waals surface area contributed by atoms with Gasteiger partial charge in [-0.25, -0.2) is 4.79 Å². The maximum atomic E-state index is 11.4. The fraction of sp³-hybridized carbons (Fsp3) is 0. The molecule has 0 aliphatic rings. The van der Waals surface area contributed by atoms with E-state index in [-0.39, 0.29) is 5.63 Å². The molecular formula is C19H11N3O2. The third-order valence-electron chi connectivity index (χ3n) is 4.11. The molecule has 24 heavy (non-hydrogen) atoms. The lowest BCUT2D eigenvalue weighted by Gasteiger charge is -2.00. The van der Waals surface area contributed by atoms with Crippen molar-refractivity contribution in [1.29, 1.82) is 0 Å². The normalized spacial score (nSPS) is 11.5. The van der Waals surface area contributed by atoms with Crippen molar-refractivity contribution >= 4 is 32.8 Å². The minimum absolute atomic E-state index is 0.371. The Labute approximate surface area is 135 Å². The van der Waals surface area contributed by atoms with Crippen molar-refractivity contribution in [2.75, 3.05) is 0 Å². The highest BCUT2D eigenvalue weighted by Gasteiger charge is 2.09. The van der Waals surface area contributed by atoms with Crippen molar-refractivity contribution in [1.82, 2.24) is 15.0 Å². The van der Waals surface area contributed by atoms with Crippen molar-refractivity contribution in [3.8, 4) is 5.69 Å². The quantitative estimate of drug-likeness (QED) is 0.443. The summed E-state index contributed by atoms with van der Waals surface area (Å²) >= 11 is 0. The third-order valence-corrected chi connectivity index (χ3v) is 4.11. The Bertz CT molecular complexity index is 1280. The smallest absolute Gasteiger partial charge is 0.336 e. The van der Waals surface area contributed by atoms with E-state index in [4.69, 9.17) is 4.42 Å². The minimum atomic E-state index is -0.371. The Morgan fingerprint density at radius 3 is 2.62 bits per heavy atom. The zero-order valence-electron chi connectivity index (χ0n) is 12.5. The summed E-state index contributed by atoms with van der Waals surface area (Å²) < 4.78 is 5.24. The Balaban J connectivity index is 1.76. The van der Waals surface area contributed by atoms with Crippen LogP contribution in [0.1, 0.15) is 0 Å². The van der Waals surface area contributed by atoms with Crippen LogP contribution in [0.2, 0.25) is 0 Å². The van der Waals surface area contributed by atoms with Gasteiger partial charge in [0.05, 0.1) is 5.69 Å². The fourth-order valence-corrected chi connectivity index (χ4v) is 2.94. The van der Waals surface area contributed by atoms with E-state index in [1.165, 1.54) is 6.07 Å². The van der Waals surface area contributed by atoms with Crippen LogP contribution in [-0.2, 0) is 0 Å². The van der Waals surface area contributed by atoms with Crippen LogP contribution in [0.4, 0.5) is 0 Å². The third kappa shape index (κ3) is 1.91. The van der Waals surface area contributed by atoms with E-state index in [1.54, 1.807) is 16.9 Å². The molecule has 0 N–H and O–H groups in total. The van der Waals surface area contributed by atoms with Crippen LogP contribution in [0.3, 0.4) is 0 Å². The highest BCUT2D eigenvalue weighted by molar-refractivity contribution is 6.03. The summed E-state index contributed by atoms with van der Waals surface area (Å²) in [6, 6.07) is 20.8. The van der Waals surface area contributed by atoms with Crippen molar-refractivity contribution in [2.45, 2.75) is 0 Å². The van der Waals surface area contributed by atoms with Crippen LogP contribution in [0.5, 0.6) is 0 Å². The summed E-state index contributed by atoms with van der Waals surface area (Å²) in [4.78, 5) is 13.0. The molecule has 5 nitrogen and oxygen atoms in total. The van der Waals surface area contributed by atoms with Crippen molar-refractivity contribution in [3.63, 3.8) is 0 Å². The maximum Gasteiger partial charge on any atom is 0.336 e. The van der Waals surface area contributed by atoms with E-state index in [0.717, 1.165) is 32.9 Å². The molecule has 0 amide bonds. The first-order valence-corrected chi connectivity index (χ1v) is 7.57. The van der Waals surface area contributed by atoms with E-state index >= 15 is 0 Å². The molecule has 2 aromatic heterocycles. The molecule has 5 aromatic rings. The molecule has 0 saturated heterocycles. The molecule has 0 unspecified atom stereocenters. The summed E-state index contributed by atoms with van der Waals surface area (Å²) in [6.07, 6.45) is 0. The van der Waals surface area contributed by atoms with Gasteiger partial charge < -0.3 is 4.42 Å². The Morgan fingerprint density at radius 1 is 0.833 bits per heavy atom. The molecule has 0 atom stereocenters. The van der Waals surface area contributed by atoms with Gasteiger partial charge in [-0.2, -0.15) is 4.80 Å². The molecule has 2 heterocycles. The fourth-order valence-electron chi connectivity index (χ4n) is 2.94. The largest absolute Gasteiger partial charge is 0.423 e. The number of aromatic nitrogens is 3. The van der Waals surface area contributed by atoms with E-state index in [9.17, 15) is 4.79 Å². The first-order valence-electron chi connectivity index (χ1n) is 7.57. The summed E-state index contributed by atoms with van der Waals surface area (Å²) in [6.45, 7) is 0. The maximum absolute atomic E-state index is 11.4. The lowest BCUT2D eigenvalue weighted by atomic mass is 10.1. The second-order valence-corrected chi connectivity index (χ2v) is 5.62. The van der Waals surface area contributed by atoms with Crippen LogP contribution >= 0.6 is 0 Å². The molecule has 0 saturated carbocycles. The van der Waals surface area contributed by atoms with Gasteiger partial charge >= 0.3 is 5.63 Å². The number of benzene rings is 3. The molecule has 0 bridgehead atoms. The van der Waals surface area contributed by atoms with Gasteiger partial charge in [-0.1, -0.05) is 30.3 Å². The molecule has 0 radical (unpaired) electrons. The molecule has 0 aliphatic carbocycles. The van der Waals surface area contributed by atoms with E-state index in [0.29, 0.717) is 5.58 Å². The number of hydrogen-bond acceptors (Lipinski definition) is 4. The van der Waals surface area contributed by atoms with Crippen LogP contribution in [0.15, 0.2) is 75.9 Å². The summed E-state index contributed by atoms with van der Waals surface area (Å²) in [5.41, 5.74) is 2.57. The molecule has 0 fully saturated rings. The first kappa shape index (κ1) is 13.0. The van der Waals surface area contributed by atoms with Gasteiger partial charge in [-0.3, -0.25) is 0 Å². The molecule has 114 valence electrons. The highest BCUT2D eigenvalue weighted by Crippen LogP contribution is 2.24. The van der Waals surface area contributed by atoms with Crippen LogP contribution < -0.4 is 5.63 Å². The molecule has 0 spiro atoms. The van der Waals surface area contributed by atoms with Crippen molar-refractivity contribution in [3.05, 3.63) is 77.2 Å². The topological polar surface area (TPSA) is 60.9 Å². The summed E-state index contributed by atoms with van der Waals surface area (Å²) in [5, 5.41) is 12.2. The molecular weight excluding hydrogens is 302 g/mol. The van der Waals surface area contributed by atoms with Gasteiger partial charge in [-0.05, 0) is 29.7 Å². The van der Waals surface area contributed by atoms with Crippen LogP contribution in [-0.4, -0.2) is 15.0 Å². The zero-order chi connectivity index (χ0) is 16.1. The second kappa shape index (κ2) is 4.76. The van der Waals surface area contributed by atoms with E-state index in [1.807, 2.05) is 42.5 Å². The Morgan fingerprint density at radius 2 is 1.67 bits per heavy atom. The molecule has 0 aliphatic heterocycles. The average Bonchev–Trinajstić information content (AvgIpc) is 3.06. The SMILES string of the molecule is O=c1ccc2ccc(-n3nc4ccc5ccccc5c4n3)cc2o1. The van der Waals surface area contributed by atoms with Gasteiger partial charge in [-0.15, -0.1) is 10.2 Å². The lowest BCUT2D eigenvalue weighted by Crippen LogP contribution is -1.99. The Kier molecular flexibility index (Phi) is 2.58. The zero-order valence-corrected chi connectivity index (χ0v) is 12.5. The second-order valence-electron chi connectivity index (χ2n) is 5.62.